The van der Waals surface area contributed by atoms with Crippen molar-refractivity contribution < 1.29 is 14.7 Å². The zero-order chi connectivity index (χ0) is 16.1. The number of aryl methyl sites for hydroxylation is 2. The van der Waals surface area contributed by atoms with E-state index in [0.29, 0.717) is 13.1 Å². The van der Waals surface area contributed by atoms with E-state index in [2.05, 4.69) is 4.90 Å². The standard InChI is InChI=1S/C17H24N2O3/c1-13-4-5-15(12-14(13)2)17(22)19-8-3-7-18(10-11-19)9-6-16(20)21/h4-5,12H,3,6-11H2,1-2H3,(H,20,21). The lowest BCUT2D eigenvalue weighted by atomic mass is 10.1. The van der Waals surface area contributed by atoms with Crippen LogP contribution >= 0.6 is 0 Å². The summed E-state index contributed by atoms with van der Waals surface area (Å²) in [5.41, 5.74) is 3.05. The third kappa shape index (κ3) is 4.31. The topological polar surface area (TPSA) is 60.9 Å². The van der Waals surface area contributed by atoms with Crippen molar-refractivity contribution in [2.24, 2.45) is 0 Å². The molecule has 1 aliphatic heterocycles. The van der Waals surface area contributed by atoms with Crippen molar-refractivity contribution in [2.75, 3.05) is 32.7 Å². The minimum atomic E-state index is -0.771. The van der Waals surface area contributed by atoms with Gasteiger partial charge in [0, 0.05) is 31.7 Å². The number of benzene rings is 1. The number of carbonyl (C=O) groups is 2. The number of nitrogens with zero attached hydrogens (tertiary/aromatic N) is 2. The highest BCUT2D eigenvalue weighted by molar-refractivity contribution is 5.94. The lowest BCUT2D eigenvalue weighted by molar-refractivity contribution is -0.137. The van der Waals surface area contributed by atoms with Crippen molar-refractivity contribution in [3.05, 3.63) is 34.9 Å². The van der Waals surface area contributed by atoms with Crippen LogP contribution in [0.3, 0.4) is 0 Å². The third-order valence-corrected chi connectivity index (χ3v) is 4.27. The molecule has 1 aromatic rings. The fourth-order valence-electron chi connectivity index (χ4n) is 2.71. The van der Waals surface area contributed by atoms with Gasteiger partial charge in [-0.2, -0.15) is 0 Å². The minimum Gasteiger partial charge on any atom is -0.481 e. The number of hydrogen-bond donors (Lipinski definition) is 1. The second-order valence-corrected chi connectivity index (χ2v) is 5.93. The zero-order valence-electron chi connectivity index (χ0n) is 13.3. The van der Waals surface area contributed by atoms with Crippen molar-refractivity contribution in [3.8, 4) is 0 Å². The smallest absolute Gasteiger partial charge is 0.304 e. The molecule has 1 aliphatic rings. The fourth-order valence-corrected chi connectivity index (χ4v) is 2.71. The van der Waals surface area contributed by atoms with Crippen LogP contribution < -0.4 is 0 Å². The molecule has 0 spiro atoms. The Morgan fingerprint density at radius 2 is 1.86 bits per heavy atom. The lowest BCUT2D eigenvalue weighted by Crippen LogP contribution is -2.35. The Morgan fingerprint density at radius 3 is 2.55 bits per heavy atom. The molecule has 0 atom stereocenters. The van der Waals surface area contributed by atoms with Crippen LogP contribution in [0.5, 0.6) is 0 Å². The average Bonchev–Trinajstić information content (AvgIpc) is 2.73. The highest BCUT2D eigenvalue weighted by Crippen LogP contribution is 2.14. The monoisotopic (exact) mass is 304 g/mol. The van der Waals surface area contributed by atoms with Crippen molar-refractivity contribution in [1.82, 2.24) is 9.80 Å². The van der Waals surface area contributed by atoms with Gasteiger partial charge in [0.25, 0.3) is 5.91 Å². The SMILES string of the molecule is Cc1ccc(C(=O)N2CCCN(CCC(=O)O)CC2)cc1C. The zero-order valence-corrected chi connectivity index (χ0v) is 13.3. The maximum Gasteiger partial charge on any atom is 0.304 e. The van der Waals surface area contributed by atoms with E-state index in [1.54, 1.807) is 0 Å². The molecule has 120 valence electrons. The molecule has 5 nitrogen and oxygen atoms in total. The van der Waals surface area contributed by atoms with E-state index < -0.39 is 5.97 Å². The number of carboxylic acids is 1. The number of hydrogen-bond acceptors (Lipinski definition) is 3. The Labute approximate surface area is 131 Å². The highest BCUT2D eigenvalue weighted by Gasteiger charge is 2.20. The second-order valence-electron chi connectivity index (χ2n) is 5.93. The van der Waals surface area contributed by atoms with E-state index in [0.717, 1.165) is 37.2 Å². The Hall–Kier alpha value is -1.88. The summed E-state index contributed by atoms with van der Waals surface area (Å²) >= 11 is 0. The summed E-state index contributed by atoms with van der Waals surface area (Å²) in [6, 6.07) is 5.82. The number of carboxylic acid groups (broad SMARTS) is 1. The number of amides is 1. The summed E-state index contributed by atoms with van der Waals surface area (Å²) in [7, 11) is 0. The van der Waals surface area contributed by atoms with E-state index in [-0.39, 0.29) is 12.3 Å². The van der Waals surface area contributed by atoms with E-state index in [9.17, 15) is 9.59 Å². The van der Waals surface area contributed by atoms with Gasteiger partial charge in [-0.25, -0.2) is 0 Å². The lowest BCUT2D eigenvalue weighted by Gasteiger charge is -2.22. The summed E-state index contributed by atoms with van der Waals surface area (Å²) in [5, 5.41) is 8.76. The largest absolute Gasteiger partial charge is 0.481 e. The molecular weight excluding hydrogens is 280 g/mol. The van der Waals surface area contributed by atoms with Crippen molar-refractivity contribution >= 4 is 11.9 Å². The molecule has 0 unspecified atom stereocenters. The summed E-state index contributed by atoms with van der Waals surface area (Å²) in [6.07, 6.45) is 1.04. The van der Waals surface area contributed by atoms with Crippen LogP contribution in [0.2, 0.25) is 0 Å². The molecule has 1 saturated heterocycles. The summed E-state index contributed by atoms with van der Waals surface area (Å²) in [6.45, 7) is 7.59. The van der Waals surface area contributed by atoms with E-state index in [4.69, 9.17) is 5.11 Å². The van der Waals surface area contributed by atoms with E-state index >= 15 is 0 Å². The van der Waals surface area contributed by atoms with Crippen molar-refractivity contribution in [3.63, 3.8) is 0 Å². The molecule has 1 aromatic carbocycles. The molecule has 22 heavy (non-hydrogen) atoms. The maximum absolute atomic E-state index is 12.6. The predicted molar refractivity (Wildman–Crippen MR) is 85.1 cm³/mol. The normalized spacial score (nSPS) is 16.4. The van der Waals surface area contributed by atoms with Crippen LogP contribution in [-0.4, -0.2) is 59.5 Å². The van der Waals surface area contributed by atoms with Crippen LogP contribution in [0.15, 0.2) is 18.2 Å². The molecule has 2 rings (SSSR count). The van der Waals surface area contributed by atoms with Gasteiger partial charge in [0.05, 0.1) is 6.42 Å². The Kier molecular flexibility index (Phi) is 5.55. The van der Waals surface area contributed by atoms with Crippen molar-refractivity contribution in [2.45, 2.75) is 26.7 Å². The molecule has 0 bridgehead atoms. The first-order chi connectivity index (χ1) is 10.5. The second kappa shape index (κ2) is 7.40. The van der Waals surface area contributed by atoms with Crippen LogP contribution in [0.4, 0.5) is 0 Å². The first kappa shape index (κ1) is 16.5. The molecule has 0 radical (unpaired) electrons. The fraction of sp³-hybridized carbons (Fsp3) is 0.529. The van der Waals surface area contributed by atoms with Gasteiger partial charge in [-0.15, -0.1) is 0 Å². The third-order valence-electron chi connectivity index (χ3n) is 4.27. The van der Waals surface area contributed by atoms with Gasteiger partial charge in [0.15, 0.2) is 0 Å². The van der Waals surface area contributed by atoms with Gasteiger partial charge in [0.2, 0.25) is 0 Å². The quantitative estimate of drug-likeness (QED) is 0.923. The summed E-state index contributed by atoms with van der Waals surface area (Å²) in [5.74, 6) is -0.699. The number of rotatable bonds is 4. The summed E-state index contributed by atoms with van der Waals surface area (Å²) < 4.78 is 0. The van der Waals surface area contributed by atoms with Gasteiger partial charge in [0.1, 0.15) is 0 Å². The molecule has 1 fully saturated rings. The molecule has 0 aliphatic carbocycles. The summed E-state index contributed by atoms with van der Waals surface area (Å²) in [4.78, 5) is 27.3. The van der Waals surface area contributed by atoms with Crippen LogP contribution in [-0.2, 0) is 4.79 Å². The van der Waals surface area contributed by atoms with E-state index in [1.165, 1.54) is 5.56 Å². The first-order valence-electron chi connectivity index (χ1n) is 7.78. The van der Waals surface area contributed by atoms with Gasteiger partial charge < -0.3 is 14.9 Å². The number of aliphatic carboxylic acids is 1. The molecular formula is C17H24N2O3. The minimum absolute atomic E-state index is 0.0724. The van der Waals surface area contributed by atoms with Crippen LogP contribution in [0.1, 0.15) is 34.3 Å². The molecule has 1 N–H and O–H groups in total. The van der Waals surface area contributed by atoms with Crippen LogP contribution in [0.25, 0.3) is 0 Å². The Bertz CT molecular complexity index is 557. The van der Waals surface area contributed by atoms with E-state index in [1.807, 2.05) is 36.9 Å². The average molecular weight is 304 g/mol. The highest BCUT2D eigenvalue weighted by atomic mass is 16.4. The number of carbonyl (C=O) groups excluding carboxylic acids is 1. The molecule has 5 heteroatoms. The predicted octanol–water partition coefficient (Wildman–Crippen LogP) is 1.93. The molecule has 0 saturated carbocycles. The first-order valence-corrected chi connectivity index (χ1v) is 7.78. The van der Waals surface area contributed by atoms with Gasteiger partial charge in [-0.3, -0.25) is 9.59 Å². The molecule has 0 aromatic heterocycles. The molecule has 1 amide bonds. The van der Waals surface area contributed by atoms with Crippen molar-refractivity contribution in [1.29, 1.82) is 0 Å². The van der Waals surface area contributed by atoms with Gasteiger partial charge >= 0.3 is 5.97 Å². The Balaban J connectivity index is 1.96. The Morgan fingerprint density at radius 1 is 1.09 bits per heavy atom. The molecule has 1 heterocycles. The maximum atomic E-state index is 12.6. The van der Waals surface area contributed by atoms with Crippen LogP contribution in [0, 0.1) is 13.8 Å². The van der Waals surface area contributed by atoms with Gasteiger partial charge in [-0.1, -0.05) is 6.07 Å². The van der Waals surface area contributed by atoms with Gasteiger partial charge in [-0.05, 0) is 50.1 Å².